The first-order valence-electron chi connectivity index (χ1n) is 7.89. The zero-order chi connectivity index (χ0) is 16.6. The average molecular weight is 361 g/mol. The summed E-state index contributed by atoms with van der Waals surface area (Å²) in [6.07, 6.45) is 2.90. The highest BCUT2D eigenvalue weighted by atomic mass is 35.5. The Labute approximate surface area is 149 Å². The molecule has 1 N–H and O–H groups in total. The molecule has 1 aliphatic rings. The molecular weight excluding hydrogens is 344 g/mol. The summed E-state index contributed by atoms with van der Waals surface area (Å²) in [5.41, 5.74) is 1.02. The number of alkyl halides is 1. The Balaban J connectivity index is 1.59. The van der Waals surface area contributed by atoms with E-state index in [0.717, 1.165) is 39.8 Å². The SMILES string of the molecule is OC1(c2ccccc2)CCN(c2ncnc3sc(CCl)nc23)CC1. The molecule has 1 fully saturated rings. The minimum absolute atomic E-state index is 0.383. The number of halogens is 1. The van der Waals surface area contributed by atoms with Gasteiger partial charge in [0, 0.05) is 13.1 Å². The van der Waals surface area contributed by atoms with Gasteiger partial charge in [0.2, 0.25) is 0 Å². The van der Waals surface area contributed by atoms with Gasteiger partial charge in [0.05, 0.1) is 11.5 Å². The minimum Gasteiger partial charge on any atom is -0.385 e. The highest BCUT2D eigenvalue weighted by Crippen LogP contribution is 2.36. The van der Waals surface area contributed by atoms with E-state index in [-0.39, 0.29) is 0 Å². The van der Waals surface area contributed by atoms with E-state index in [9.17, 15) is 5.11 Å². The van der Waals surface area contributed by atoms with E-state index in [1.165, 1.54) is 11.3 Å². The van der Waals surface area contributed by atoms with Crippen LogP contribution in [0.15, 0.2) is 36.7 Å². The summed E-state index contributed by atoms with van der Waals surface area (Å²) in [6, 6.07) is 9.89. The second kappa shape index (κ2) is 6.27. The fourth-order valence-electron chi connectivity index (χ4n) is 3.20. The summed E-state index contributed by atoms with van der Waals surface area (Å²) in [5.74, 6) is 1.22. The molecule has 24 heavy (non-hydrogen) atoms. The number of benzene rings is 1. The smallest absolute Gasteiger partial charge is 0.159 e. The van der Waals surface area contributed by atoms with Crippen LogP contribution in [0.2, 0.25) is 0 Å². The van der Waals surface area contributed by atoms with Crippen molar-refractivity contribution >= 4 is 39.1 Å². The highest BCUT2D eigenvalue weighted by Gasteiger charge is 2.34. The molecule has 1 aromatic carbocycles. The van der Waals surface area contributed by atoms with Crippen LogP contribution in [0.3, 0.4) is 0 Å². The van der Waals surface area contributed by atoms with Crippen molar-refractivity contribution in [3.8, 4) is 0 Å². The fraction of sp³-hybridized carbons (Fsp3) is 0.353. The highest BCUT2D eigenvalue weighted by molar-refractivity contribution is 7.18. The number of nitrogens with zero attached hydrogens (tertiary/aromatic N) is 4. The molecule has 1 saturated heterocycles. The lowest BCUT2D eigenvalue weighted by atomic mass is 9.84. The summed E-state index contributed by atoms with van der Waals surface area (Å²) in [7, 11) is 0. The predicted octanol–water partition coefficient (Wildman–Crippen LogP) is 3.31. The lowest BCUT2D eigenvalue weighted by Gasteiger charge is -2.39. The summed E-state index contributed by atoms with van der Waals surface area (Å²) in [6.45, 7) is 1.45. The van der Waals surface area contributed by atoms with Crippen molar-refractivity contribution in [1.29, 1.82) is 0 Å². The molecule has 1 aliphatic heterocycles. The number of thiazole rings is 1. The van der Waals surface area contributed by atoms with E-state index in [0.29, 0.717) is 18.7 Å². The van der Waals surface area contributed by atoms with Crippen LogP contribution in [0.4, 0.5) is 5.82 Å². The minimum atomic E-state index is -0.771. The molecule has 7 heteroatoms. The van der Waals surface area contributed by atoms with Crippen LogP contribution in [-0.4, -0.2) is 33.1 Å². The number of piperidine rings is 1. The van der Waals surface area contributed by atoms with E-state index in [1.54, 1.807) is 6.33 Å². The molecule has 0 aliphatic carbocycles. The number of rotatable bonds is 3. The molecule has 4 rings (SSSR count). The van der Waals surface area contributed by atoms with Crippen LogP contribution in [0.1, 0.15) is 23.4 Å². The van der Waals surface area contributed by atoms with Crippen molar-refractivity contribution in [2.75, 3.05) is 18.0 Å². The van der Waals surface area contributed by atoms with Gasteiger partial charge in [-0.1, -0.05) is 41.7 Å². The maximum atomic E-state index is 11.0. The number of hydrogen-bond donors (Lipinski definition) is 1. The zero-order valence-corrected chi connectivity index (χ0v) is 14.6. The van der Waals surface area contributed by atoms with E-state index < -0.39 is 5.60 Å². The standard InChI is InChI=1S/C17H17ClN4OS/c18-10-13-21-14-15(19-11-20-16(14)24-13)22-8-6-17(23,7-9-22)12-4-2-1-3-5-12/h1-5,11,23H,6-10H2. The number of anilines is 1. The Kier molecular flexibility index (Phi) is 4.12. The van der Waals surface area contributed by atoms with Gasteiger partial charge in [-0.05, 0) is 18.4 Å². The van der Waals surface area contributed by atoms with Gasteiger partial charge in [0.1, 0.15) is 21.7 Å². The van der Waals surface area contributed by atoms with Crippen LogP contribution >= 0.6 is 22.9 Å². The maximum Gasteiger partial charge on any atom is 0.159 e. The van der Waals surface area contributed by atoms with E-state index in [2.05, 4.69) is 19.9 Å². The number of aromatic nitrogens is 3. The second-order valence-corrected chi connectivity index (χ2v) is 7.31. The van der Waals surface area contributed by atoms with Gasteiger partial charge in [-0.3, -0.25) is 0 Å². The summed E-state index contributed by atoms with van der Waals surface area (Å²) in [5, 5.41) is 11.8. The lowest BCUT2D eigenvalue weighted by Crippen LogP contribution is -2.43. The third-order valence-corrected chi connectivity index (χ3v) is 5.91. The van der Waals surface area contributed by atoms with Gasteiger partial charge in [-0.15, -0.1) is 11.6 Å². The van der Waals surface area contributed by atoms with Gasteiger partial charge in [0.25, 0.3) is 0 Å². The van der Waals surface area contributed by atoms with Crippen LogP contribution < -0.4 is 4.90 Å². The largest absolute Gasteiger partial charge is 0.385 e. The molecule has 0 bridgehead atoms. The third kappa shape index (κ3) is 2.75. The molecule has 0 atom stereocenters. The van der Waals surface area contributed by atoms with Gasteiger partial charge in [0.15, 0.2) is 5.82 Å². The fourth-order valence-corrected chi connectivity index (χ4v) is 4.17. The number of aliphatic hydroxyl groups is 1. The maximum absolute atomic E-state index is 11.0. The topological polar surface area (TPSA) is 62.1 Å². The molecule has 0 radical (unpaired) electrons. The first kappa shape index (κ1) is 15.7. The zero-order valence-electron chi connectivity index (χ0n) is 13.0. The van der Waals surface area contributed by atoms with Crippen molar-refractivity contribution in [3.05, 3.63) is 47.2 Å². The number of fused-ring (bicyclic) bond motifs is 1. The van der Waals surface area contributed by atoms with Crippen LogP contribution in [0.25, 0.3) is 10.3 Å². The quantitative estimate of drug-likeness (QED) is 0.726. The second-order valence-electron chi connectivity index (χ2n) is 5.98. The summed E-state index contributed by atoms with van der Waals surface area (Å²) < 4.78 is 0. The van der Waals surface area contributed by atoms with Crippen LogP contribution in [0, 0.1) is 0 Å². The van der Waals surface area contributed by atoms with Crippen molar-refractivity contribution in [3.63, 3.8) is 0 Å². The van der Waals surface area contributed by atoms with Crippen molar-refractivity contribution in [2.45, 2.75) is 24.3 Å². The first-order valence-corrected chi connectivity index (χ1v) is 9.24. The van der Waals surface area contributed by atoms with Crippen molar-refractivity contribution < 1.29 is 5.11 Å². The van der Waals surface area contributed by atoms with E-state index in [1.807, 2.05) is 30.3 Å². The van der Waals surface area contributed by atoms with Crippen LogP contribution in [0.5, 0.6) is 0 Å². The van der Waals surface area contributed by atoms with E-state index >= 15 is 0 Å². The molecule has 2 aromatic heterocycles. The molecule has 3 aromatic rings. The molecule has 3 heterocycles. The Hall–Kier alpha value is -1.76. The molecular formula is C17H17ClN4OS. The Morgan fingerprint density at radius 1 is 1.17 bits per heavy atom. The molecule has 124 valence electrons. The Bertz CT molecular complexity index is 846. The summed E-state index contributed by atoms with van der Waals surface area (Å²) in [4.78, 5) is 16.3. The first-order chi connectivity index (χ1) is 11.7. The normalized spacial score (nSPS) is 17.3. The molecule has 0 saturated carbocycles. The Morgan fingerprint density at radius 2 is 1.92 bits per heavy atom. The Morgan fingerprint density at radius 3 is 2.62 bits per heavy atom. The van der Waals surface area contributed by atoms with Crippen LogP contribution in [-0.2, 0) is 11.5 Å². The summed E-state index contributed by atoms with van der Waals surface area (Å²) >= 11 is 7.40. The van der Waals surface area contributed by atoms with Crippen molar-refractivity contribution in [2.24, 2.45) is 0 Å². The number of hydrogen-bond acceptors (Lipinski definition) is 6. The molecule has 5 nitrogen and oxygen atoms in total. The van der Waals surface area contributed by atoms with Gasteiger partial charge in [-0.2, -0.15) is 0 Å². The van der Waals surface area contributed by atoms with Crippen molar-refractivity contribution in [1.82, 2.24) is 15.0 Å². The molecule has 0 amide bonds. The average Bonchev–Trinajstić information content (AvgIpc) is 3.07. The third-order valence-electron chi connectivity index (χ3n) is 4.54. The van der Waals surface area contributed by atoms with E-state index in [4.69, 9.17) is 11.6 Å². The monoisotopic (exact) mass is 360 g/mol. The molecule has 0 unspecified atom stereocenters. The molecule has 0 spiro atoms. The van der Waals surface area contributed by atoms with Gasteiger partial charge >= 0.3 is 0 Å². The van der Waals surface area contributed by atoms with Gasteiger partial charge in [-0.25, -0.2) is 15.0 Å². The lowest BCUT2D eigenvalue weighted by molar-refractivity contribution is 0.0117. The van der Waals surface area contributed by atoms with Gasteiger partial charge < -0.3 is 10.0 Å². The predicted molar refractivity (Wildman–Crippen MR) is 96.6 cm³/mol.